The van der Waals surface area contributed by atoms with Gasteiger partial charge in [-0.05, 0) is 6.92 Å². The van der Waals surface area contributed by atoms with Crippen LogP contribution in [0, 0.1) is 6.92 Å². The van der Waals surface area contributed by atoms with Crippen LogP contribution in [0.1, 0.15) is 5.56 Å². The summed E-state index contributed by atoms with van der Waals surface area (Å²) in [6.45, 7) is 5.60. The third-order valence-electron chi connectivity index (χ3n) is 1.23. The first-order valence-corrected chi connectivity index (χ1v) is 5.35. The van der Waals surface area contributed by atoms with Crippen LogP contribution in [-0.4, -0.2) is 16.3 Å². The van der Waals surface area contributed by atoms with Crippen LogP contribution in [0.5, 0.6) is 0 Å². The molecule has 0 amide bonds. The van der Waals surface area contributed by atoms with E-state index in [-0.39, 0.29) is 0 Å². The maximum atomic E-state index is 3.51. The van der Waals surface area contributed by atoms with Gasteiger partial charge in [0.25, 0.3) is 0 Å². The summed E-state index contributed by atoms with van der Waals surface area (Å²) in [6, 6.07) is 10.3. The van der Waals surface area contributed by atoms with Crippen molar-refractivity contribution in [3.05, 3.63) is 48.6 Å². The van der Waals surface area contributed by atoms with Gasteiger partial charge in [-0.2, -0.15) is 0 Å². The van der Waals surface area contributed by atoms with Crippen LogP contribution in [-0.2, 0) is 0 Å². The Bertz CT molecular complexity index is 179. The van der Waals surface area contributed by atoms with Gasteiger partial charge in [-0.1, -0.05) is 41.2 Å². The van der Waals surface area contributed by atoms with E-state index in [2.05, 4.69) is 25.6 Å². The Morgan fingerprint density at radius 2 is 1.82 bits per heavy atom. The average Bonchev–Trinajstić information content (AvgIpc) is 2.07. The first-order valence-electron chi connectivity index (χ1n) is 3.93. The Kier molecular flexibility index (Phi) is 7.25. The lowest BCUT2D eigenvalue weighted by Gasteiger charge is -1.82. The third-order valence-corrected chi connectivity index (χ3v) is 1.81. The maximum absolute atomic E-state index is 3.51. The smallest absolute Gasteiger partial charge is 0.105 e. The Balaban J connectivity index is 0.000000218. The fraction of sp³-hybridized carbons (Fsp3) is 0.200. The predicted octanol–water partition coefficient (Wildman–Crippen LogP) is 2.22. The van der Waals surface area contributed by atoms with Gasteiger partial charge >= 0.3 is 0 Å². The molecule has 1 heteroatoms. The zero-order valence-electron chi connectivity index (χ0n) is 7.38. The molecule has 0 radical (unpaired) electrons. The highest BCUT2D eigenvalue weighted by atomic mass is 27.0. The van der Waals surface area contributed by atoms with Gasteiger partial charge in [-0.15, -0.1) is 12.7 Å². The zero-order chi connectivity index (χ0) is 8.53. The zero-order valence-corrected chi connectivity index (χ0v) is 9.38. The van der Waals surface area contributed by atoms with Crippen molar-refractivity contribution in [3.8, 4) is 0 Å². The summed E-state index contributed by atoms with van der Waals surface area (Å²) >= 11 is 1.27. The Morgan fingerprint density at radius 1 is 1.36 bits per heavy atom. The van der Waals surface area contributed by atoms with Crippen molar-refractivity contribution in [3.63, 3.8) is 0 Å². The fourth-order valence-electron chi connectivity index (χ4n) is 0.534. The number of allylic oxidation sites excluding steroid dienone is 1. The van der Waals surface area contributed by atoms with E-state index >= 15 is 0 Å². The van der Waals surface area contributed by atoms with Gasteiger partial charge < -0.3 is 0 Å². The van der Waals surface area contributed by atoms with Gasteiger partial charge in [0.05, 0.1) is 0 Å². The van der Waals surface area contributed by atoms with Gasteiger partial charge in [0, 0.05) is 0 Å². The van der Waals surface area contributed by atoms with Gasteiger partial charge in [0.15, 0.2) is 0 Å². The number of hydrogen-bond donors (Lipinski definition) is 0. The van der Waals surface area contributed by atoms with Gasteiger partial charge in [0.2, 0.25) is 16.3 Å². The molecule has 1 rings (SSSR count). The van der Waals surface area contributed by atoms with Gasteiger partial charge in [-0.3, -0.25) is 0 Å². The molecule has 0 nitrogen and oxygen atoms in total. The molecule has 58 valence electrons. The topological polar surface area (TPSA) is 0 Å². The molecule has 0 aliphatic heterocycles. The molecule has 0 bridgehead atoms. The van der Waals surface area contributed by atoms with Crippen molar-refractivity contribution in [2.24, 2.45) is 0 Å². The highest BCUT2D eigenvalue weighted by molar-refractivity contribution is 6.09. The Morgan fingerprint density at radius 3 is 2.00 bits per heavy atom. The molecule has 0 saturated carbocycles. The second-order valence-corrected chi connectivity index (χ2v) is 3.17. The molecule has 0 unspecified atom stereocenters. The second-order valence-electron chi connectivity index (χ2n) is 2.35. The van der Waals surface area contributed by atoms with Gasteiger partial charge in [0.1, 0.15) is 0 Å². The normalized spacial score (nSPS) is 7.73. The maximum Gasteiger partial charge on any atom is 0.217 e. The van der Waals surface area contributed by atoms with E-state index in [0.717, 1.165) is 0 Å². The van der Waals surface area contributed by atoms with E-state index in [1.165, 1.54) is 27.1 Å². The lowest BCUT2D eigenvalue weighted by Crippen LogP contribution is -1.62. The van der Waals surface area contributed by atoms with Crippen LogP contribution in [0.2, 0.25) is 5.28 Å². The van der Waals surface area contributed by atoms with E-state index in [1.54, 1.807) is 0 Å². The van der Waals surface area contributed by atoms with E-state index in [1.807, 2.05) is 24.3 Å². The Hall–Kier alpha value is -0.508. The average molecular weight is 162 g/mol. The molecule has 0 spiro atoms. The van der Waals surface area contributed by atoms with Crippen molar-refractivity contribution in [2.45, 2.75) is 12.2 Å². The quantitative estimate of drug-likeness (QED) is 0.438. The van der Waals surface area contributed by atoms with Crippen LogP contribution in [0.15, 0.2) is 43.0 Å². The summed E-state index contributed by atoms with van der Waals surface area (Å²) in [4.78, 5) is 0. The molecular formula is C10H15Al. The summed E-state index contributed by atoms with van der Waals surface area (Å²) in [5, 5.41) is 1.22. The summed E-state index contributed by atoms with van der Waals surface area (Å²) in [5.74, 6) is 0. The highest BCUT2D eigenvalue weighted by Crippen LogP contribution is 1.92. The van der Waals surface area contributed by atoms with Crippen LogP contribution < -0.4 is 0 Å². The minimum atomic E-state index is 1.22. The summed E-state index contributed by atoms with van der Waals surface area (Å²) in [7, 11) is 0. The lowest BCUT2D eigenvalue weighted by molar-refractivity contribution is 1.48. The van der Waals surface area contributed by atoms with Crippen LogP contribution in [0.25, 0.3) is 0 Å². The summed E-state index contributed by atoms with van der Waals surface area (Å²) < 4.78 is 0. The molecular weight excluding hydrogens is 147 g/mol. The Labute approximate surface area is 77.4 Å². The summed E-state index contributed by atoms with van der Waals surface area (Å²) in [6.07, 6.45) is 1.94. The van der Waals surface area contributed by atoms with E-state index < -0.39 is 0 Å². The molecule has 0 atom stereocenters. The molecule has 0 aromatic heterocycles. The molecule has 0 fully saturated rings. The van der Waals surface area contributed by atoms with E-state index in [9.17, 15) is 0 Å². The highest BCUT2D eigenvalue weighted by Gasteiger charge is 1.72. The van der Waals surface area contributed by atoms with Crippen molar-refractivity contribution < 1.29 is 0 Å². The molecule has 0 heterocycles. The number of hydrogen-bond acceptors (Lipinski definition) is 0. The first kappa shape index (κ1) is 10.5. The monoisotopic (exact) mass is 162 g/mol. The molecule has 0 saturated heterocycles. The van der Waals surface area contributed by atoms with Crippen LogP contribution >= 0.6 is 0 Å². The van der Waals surface area contributed by atoms with E-state index in [4.69, 9.17) is 0 Å². The molecule has 1 aromatic carbocycles. The number of rotatable bonds is 1. The predicted molar refractivity (Wildman–Crippen MR) is 54.7 cm³/mol. The standard InChI is InChI=1S/C7H8.C3H5.Al.2H/c1-7-5-3-2-4-6-7;1-3-2;;;/h2-6H,1H3;3H,1-2H2;;;. The van der Waals surface area contributed by atoms with Gasteiger partial charge in [-0.25, -0.2) is 0 Å². The molecule has 0 N–H and O–H groups in total. The first-order chi connectivity index (χ1) is 5.31. The van der Waals surface area contributed by atoms with Crippen molar-refractivity contribution >= 4 is 16.3 Å². The molecule has 11 heavy (non-hydrogen) atoms. The largest absolute Gasteiger partial charge is 0.217 e. The second kappa shape index (κ2) is 7.60. The summed E-state index contributed by atoms with van der Waals surface area (Å²) in [5.41, 5.74) is 1.32. The number of benzene rings is 1. The molecule has 0 aliphatic rings. The molecule has 0 aliphatic carbocycles. The number of aryl methyl sites for hydroxylation is 1. The van der Waals surface area contributed by atoms with Crippen molar-refractivity contribution in [1.29, 1.82) is 0 Å². The van der Waals surface area contributed by atoms with Crippen molar-refractivity contribution in [1.82, 2.24) is 0 Å². The fourth-order valence-corrected chi connectivity index (χ4v) is 0.534. The molecule has 1 aromatic rings. The SMILES string of the molecule is C=C[CH2][AlH2].Cc1ccccc1. The minimum absolute atomic E-state index is 1.22. The van der Waals surface area contributed by atoms with E-state index in [0.29, 0.717) is 0 Å². The van der Waals surface area contributed by atoms with Crippen molar-refractivity contribution in [2.75, 3.05) is 0 Å². The van der Waals surface area contributed by atoms with Crippen LogP contribution in [0.3, 0.4) is 0 Å². The lowest BCUT2D eigenvalue weighted by atomic mass is 10.2. The van der Waals surface area contributed by atoms with Crippen LogP contribution in [0.4, 0.5) is 0 Å². The third kappa shape index (κ3) is 7.39. The minimum Gasteiger partial charge on any atom is -0.105 e.